The van der Waals surface area contributed by atoms with Crippen LogP contribution in [-0.4, -0.2) is 24.2 Å². The molecule has 0 atom stereocenters. The molecule has 3 rings (SSSR count). The summed E-state index contributed by atoms with van der Waals surface area (Å²) in [6.45, 7) is 2.83. The molecule has 21 heavy (non-hydrogen) atoms. The van der Waals surface area contributed by atoms with Gasteiger partial charge in [-0.15, -0.1) is 0 Å². The van der Waals surface area contributed by atoms with Crippen molar-refractivity contribution in [1.29, 1.82) is 0 Å². The Labute approximate surface area is 124 Å². The topological polar surface area (TPSA) is 76.0 Å². The molecule has 7 heteroatoms. The lowest BCUT2D eigenvalue weighted by Crippen LogP contribution is -2.25. The molecule has 2 N–H and O–H groups in total. The van der Waals surface area contributed by atoms with Crippen LogP contribution in [0.3, 0.4) is 0 Å². The summed E-state index contributed by atoms with van der Waals surface area (Å²) in [5, 5.41) is 7.37. The van der Waals surface area contributed by atoms with Crippen molar-refractivity contribution >= 4 is 21.4 Å². The molecule has 1 saturated carbocycles. The second-order valence-corrected chi connectivity index (χ2v) is 6.84. The number of rotatable bonds is 6. The number of benzene rings is 1. The van der Waals surface area contributed by atoms with Crippen LogP contribution >= 0.6 is 0 Å². The van der Waals surface area contributed by atoms with Gasteiger partial charge in [0.05, 0.1) is 16.8 Å². The predicted octanol–water partition coefficient (Wildman–Crippen LogP) is 2.09. The van der Waals surface area contributed by atoms with Crippen molar-refractivity contribution in [3.63, 3.8) is 0 Å². The SMILES string of the molecule is CCn1cc(Nc2ccc(S(=O)(=O)NC3CC3)cc2)cn1. The van der Waals surface area contributed by atoms with E-state index in [1.165, 1.54) is 0 Å². The fraction of sp³-hybridized carbons (Fsp3) is 0.357. The first-order valence-electron chi connectivity index (χ1n) is 6.99. The summed E-state index contributed by atoms with van der Waals surface area (Å²) in [6, 6.07) is 6.84. The van der Waals surface area contributed by atoms with Gasteiger partial charge in [-0.1, -0.05) is 0 Å². The van der Waals surface area contributed by atoms with Gasteiger partial charge in [-0.05, 0) is 44.0 Å². The highest BCUT2D eigenvalue weighted by molar-refractivity contribution is 7.89. The lowest BCUT2D eigenvalue weighted by molar-refractivity contribution is 0.581. The monoisotopic (exact) mass is 306 g/mol. The van der Waals surface area contributed by atoms with Crippen LogP contribution in [0.5, 0.6) is 0 Å². The average molecular weight is 306 g/mol. The molecule has 0 unspecified atom stereocenters. The van der Waals surface area contributed by atoms with Gasteiger partial charge in [-0.25, -0.2) is 13.1 Å². The molecular weight excluding hydrogens is 288 g/mol. The zero-order valence-electron chi connectivity index (χ0n) is 11.8. The van der Waals surface area contributed by atoms with Crippen LogP contribution < -0.4 is 10.0 Å². The van der Waals surface area contributed by atoms with E-state index in [4.69, 9.17) is 0 Å². The molecule has 0 spiro atoms. The molecule has 2 aromatic rings. The number of aryl methyl sites for hydroxylation is 1. The summed E-state index contributed by atoms with van der Waals surface area (Å²) in [5.41, 5.74) is 1.71. The van der Waals surface area contributed by atoms with Crippen molar-refractivity contribution in [3.8, 4) is 0 Å². The van der Waals surface area contributed by atoms with Crippen LogP contribution in [-0.2, 0) is 16.6 Å². The fourth-order valence-corrected chi connectivity index (χ4v) is 3.28. The van der Waals surface area contributed by atoms with Gasteiger partial charge in [0.25, 0.3) is 0 Å². The average Bonchev–Trinajstić information content (AvgIpc) is 3.15. The fourth-order valence-electron chi connectivity index (χ4n) is 1.97. The van der Waals surface area contributed by atoms with E-state index in [0.717, 1.165) is 30.8 Å². The molecule has 1 fully saturated rings. The molecule has 0 amide bonds. The third-order valence-corrected chi connectivity index (χ3v) is 4.85. The Morgan fingerprint density at radius 2 is 1.95 bits per heavy atom. The highest BCUT2D eigenvalue weighted by atomic mass is 32.2. The normalized spacial score (nSPS) is 15.1. The van der Waals surface area contributed by atoms with Crippen molar-refractivity contribution in [1.82, 2.24) is 14.5 Å². The smallest absolute Gasteiger partial charge is 0.240 e. The molecule has 1 aliphatic rings. The molecule has 0 radical (unpaired) electrons. The lowest BCUT2D eigenvalue weighted by Gasteiger charge is -2.07. The quantitative estimate of drug-likeness (QED) is 0.857. The first-order valence-corrected chi connectivity index (χ1v) is 8.47. The number of hydrogen-bond acceptors (Lipinski definition) is 4. The first-order chi connectivity index (χ1) is 10.1. The molecule has 1 aromatic carbocycles. The summed E-state index contributed by atoms with van der Waals surface area (Å²) in [5.74, 6) is 0. The summed E-state index contributed by atoms with van der Waals surface area (Å²) in [7, 11) is -3.38. The maximum absolute atomic E-state index is 12.0. The first kappa shape index (κ1) is 14.1. The molecule has 0 aliphatic heterocycles. The predicted molar refractivity (Wildman–Crippen MR) is 81.0 cm³/mol. The summed E-state index contributed by atoms with van der Waals surface area (Å²) in [4.78, 5) is 0.296. The molecular formula is C14H18N4O2S. The summed E-state index contributed by atoms with van der Waals surface area (Å²) >= 11 is 0. The van der Waals surface area contributed by atoms with Gasteiger partial charge < -0.3 is 5.32 Å². The lowest BCUT2D eigenvalue weighted by atomic mass is 10.3. The Morgan fingerprint density at radius 3 is 2.52 bits per heavy atom. The van der Waals surface area contributed by atoms with Gasteiger partial charge in [-0.3, -0.25) is 4.68 Å². The molecule has 6 nitrogen and oxygen atoms in total. The van der Waals surface area contributed by atoms with Crippen molar-refractivity contribution < 1.29 is 8.42 Å². The second kappa shape index (κ2) is 5.50. The Morgan fingerprint density at radius 1 is 1.24 bits per heavy atom. The zero-order chi connectivity index (χ0) is 14.9. The Bertz CT molecular complexity index is 718. The second-order valence-electron chi connectivity index (χ2n) is 5.13. The maximum Gasteiger partial charge on any atom is 0.240 e. The van der Waals surface area contributed by atoms with Crippen LogP contribution in [0.2, 0.25) is 0 Å². The number of anilines is 2. The molecule has 0 bridgehead atoms. The van der Waals surface area contributed by atoms with Crippen LogP contribution in [0.15, 0.2) is 41.6 Å². The van der Waals surface area contributed by atoms with E-state index < -0.39 is 10.0 Å². The van der Waals surface area contributed by atoms with E-state index in [9.17, 15) is 8.42 Å². The number of aromatic nitrogens is 2. The van der Waals surface area contributed by atoms with Gasteiger partial charge in [-0.2, -0.15) is 5.10 Å². The summed E-state index contributed by atoms with van der Waals surface area (Å²) in [6.07, 6.45) is 5.50. The standard InChI is InChI=1S/C14H18N4O2S/c1-2-18-10-13(9-15-18)16-11-5-7-14(8-6-11)21(19,20)17-12-3-4-12/h5-10,12,16-17H,2-4H2,1H3. The molecule has 112 valence electrons. The van der Waals surface area contributed by atoms with Gasteiger partial charge in [0.15, 0.2) is 0 Å². The molecule has 0 saturated heterocycles. The van der Waals surface area contributed by atoms with Gasteiger partial charge in [0.1, 0.15) is 0 Å². The minimum atomic E-state index is -3.38. The number of hydrogen-bond donors (Lipinski definition) is 2. The van der Waals surface area contributed by atoms with E-state index in [1.54, 1.807) is 30.5 Å². The van der Waals surface area contributed by atoms with Crippen LogP contribution in [0.1, 0.15) is 19.8 Å². The van der Waals surface area contributed by atoms with E-state index in [1.807, 2.05) is 17.8 Å². The molecule has 1 heterocycles. The number of nitrogens with zero attached hydrogens (tertiary/aromatic N) is 2. The van der Waals surface area contributed by atoms with Crippen molar-refractivity contribution in [2.45, 2.75) is 37.2 Å². The number of sulfonamides is 1. The van der Waals surface area contributed by atoms with Crippen molar-refractivity contribution in [2.75, 3.05) is 5.32 Å². The minimum Gasteiger partial charge on any atom is -0.353 e. The minimum absolute atomic E-state index is 0.118. The Hall–Kier alpha value is -1.86. The van der Waals surface area contributed by atoms with Crippen LogP contribution in [0, 0.1) is 0 Å². The highest BCUT2D eigenvalue weighted by Crippen LogP contribution is 2.23. The molecule has 1 aliphatic carbocycles. The van der Waals surface area contributed by atoms with Gasteiger partial charge >= 0.3 is 0 Å². The number of nitrogens with one attached hydrogen (secondary N) is 2. The van der Waals surface area contributed by atoms with E-state index in [-0.39, 0.29) is 6.04 Å². The van der Waals surface area contributed by atoms with E-state index in [2.05, 4.69) is 15.1 Å². The largest absolute Gasteiger partial charge is 0.353 e. The zero-order valence-corrected chi connectivity index (χ0v) is 12.6. The Balaban J connectivity index is 1.71. The Kier molecular flexibility index (Phi) is 3.69. The van der Waals surface area contributed by atoms with Gasteiger partial charge in [0.2, 0.25) is 10.0 Å². The third-order valence-electron chi connectivity index (χ3n) is 3.31. The van der Waals surface area contributed by atoms with E-state index >= 15 is 0 Å². The van der Waals surface area contributed by atoms with Gasteiger partial charge in [0, 0.05) is 24.5 Å². The van der Waals surface area contributed by atoms with E-state index in [0.29, 0.717) is 4.90 Å². The van der Waals surface area contributed by atoms with Crippen molar-refractivity contribution in [3.05, 3.63) is 36.7 Å². The molecule has 1 aromatic heterocycles. The maximum atomic E-state index is 12.0. The van der Waals surface area contributed by atoms with Crippen LogP contribution in [0.25, 0.3) is 0 Å². The van der Waals surface area contributed by atoms with Crippen LogP contribution in [0.4, 0.5) is 11.4 Å². The third kappa shape index (κ3) is 3.43. The highest BCUT2D eigenvalue weighted by Gasteiger charge is 2.27. The summed E-state index contributed by atoms with van der Waals surface area (Å²) < 4.78 is 28.6. The van der Waals surface area contributed by atoms with Crippen molar-refractivity contribution in [2.24, 2.45) is 0 Å².